The van der Waals surface area contributed by atoms with Crippen LogP contribution in [0.25, 0.3) is 21.9 Å². The molecule has 35 heavy (non-hydrogen) atoms. The van der Waals surface area contributed by atoms with Crippen molar-refractivity contribution < 1.29 is 9.53 Å². The zero-order valence-corrected chi connectivity index (χ0v) is 20.1. The first-order valence-corrected chi connectivity index (χ1v) is 11.3. The molecule has 0 aliphatic carbocycles. The Morgan fingerprint density at radius 1 is 1.00 bits per heavy atom. The lowest BCUT2D eigenvalue weighted by Crippen LogP contribution is -2.23. The maximum absolute atomic E-state index is 12.2. The van der Waals surface area contributed by atoms with Gasteiger partial charge in [-0.2, -0.15) is 0 Å². The normalized spacial score (nSPS) is 11.1. The molecule has 2 aromatic heterocycles. The second-order valence-corrected chi connectivity index (χ2v) is 8.75. The molecule has 0 spiro atoms. The van der Waals surface area contributed by atoms with Crippen LogP contribution >= 0.6 is 0 Å². The van der Waals surface area contributed by atoms with Gasteiger partial charge in [-0.15, -0.1) is 0 Å². The summed E-state index contributed by atoms with van der Waals surface area (Å²) in [5.41, 5.74) is 5.53. The van der Waals surface area contributed by atoms with Crippen molar-refractivity contribution in [3.8, 4) is 11.5 Å². The number of benzene rings is 3. The van der Waals surface area contributed by atoms with Gasteiger partial charge in [-0.1, -0.05) is 6.07 Å². The molecule has 3 aromatic carbocycles. The summed E-state index contributed by atoms with van der Waals surface area (Å²) in [6.07, 6.45) is 3.65. The number of carbonyl (C=O) groups is 1. The minimum absolute atomic E-state index is 0.0455. The minimum atomic E-state index is 0.0455. The predicted molar refractivity (Wildman–Crippen MR) is 137 cm³/mol. The van der Waals surface area contributed by atoms with E-state index >= 15 is 0 Å². The molecule has 0 atom stereocenters. The number of likely N-dealkylation sites (N-methyl/N-ethyl adjacent to an activating group) is 1. The van der Waals surface area contributed by atoms with Gasteiger partial charge in [0.25, 0.3) is 0 Å². The molecule has 0 aliphatic heterocycles. The molecule has 0 saturated heterocycles. The van der Waals surface area contributed by atoms with Crippen LogP contribution in [0.15, 0.2) is 67.3 Å². The summed E-state index contributed by atoms with van der Waals surface area (Å²) in [5.74, 6) is 2.23. The van der Waals surface area contributed by atoms with Crippen LogP contribution in [0, 0.1) is 6.92 Å². The number of aryl methyl sites for hydroxylation is 2. The second-order valence-electron chi connectivity index (χ2n) is 8.75. The molecule has 2 heterocycles. The molecule has 1 amide bonds. The molecule has 8 heteroatoms. The summed E-state index contributed by atoms with van der Waals surface area (Å²) in [6.45, 7) is 2.00. The van der Waals surface area contributed by atoms with Crippen LogP contribution in [0.3, 0.4) is 0 Å². The van der Waals surface area contributed by atoms with Crippen molar-refractivity contribution in [2.75, 3.05) is 19.4 Å². The van der Waals surface area contributed by atoms with Crippen LogP contribution < -0.4 is 10.1 Å². The second kappa shape index (κ2) is 9.06. The van der Waals surface area contributed by atoms with E-state index in [0.29, 0.717) is 12.2 Å². The van der Waals surface area contributed by atoms with Crippen LogP contribution in [-0.4, -0.2) is 44.4 Å². The van der Waals surface area contributed by atoms with Gasteiger partial charge < -0.3 is 19.5 Å². The fourth-order valence-electron chi connectivity index (χ4n) is 3.93. The van der Waals surface area contributed by atoms with Crippen molar-refractivity contribution in [1.29, 1.82) is 0 Å². The Morgan fingerprint density at radius 2 is 1.86 bits per heavy atom. The average molecular weight is 467 g/mol. The van der Waals surface area contributed by atoms with Crippen molar-refractivity contribution >= 4 is 39.3 Å². The highest BCUT2D eigenvalue weighted by atomic mass is 16.5. The van der Waals surface area contributed by atoms with Crippen LogP contribution in [0.5, 0.6) is 11.5 Å². The highest BCUT2D eigenvalue weighted by Crippen LogP contribution is 2.31. The van der Waals surface area contributed by atoms with E-state index in [1.165, 1.54) is 6.33 Å². The predicted octanol–water partition coefficient (Wildman–Crippen LogP) is 4.99. The lowest BCUT2D eigenvalue weighted by molar-refractivity contribution is -0.127. The van der Waals surface area contributed by atoms with Gasteiger partial charge >= 0.3 is 0 Å². The number of carbonyl (C=O) groups excluding carboxylic acids is 1. The molecule has 5 rings (SSSR count). The van der Waals surface area contributed by atoms with Crippen LogP contribution in [-0.2, 0) is 18.3 Å². The molecular weight excluding hydrogens is 440 g/mol. The summed E-state index contributed by atoms with van der Waals surface area (Å²) in [6, 6.07) is 17.6. The number of nitrogens with zero attached hydrogens (tertiary/aromatic N) is 5. The number of hydrogen-bond acceptors (Lipinski definition) is 6. The van der Waals surface area contributed by atoms with Crippen molar-refractivity contribution in [3.05, 3.63) is 78.4 Å². The van der Waals surface area contributed by atoms with Crippen molar-refractivity contribution in [2.45, 2.75) is 13.3 Å². The molecule has 0 fully saturated rings. The maximum Gasteiger partial charge on any atom is 0.226 e. The van der Waals surface area contributed by atoms with E-state index in [0.717, 1.165) is 50.2 Å². The summed E-state index contributed by atoms with van der Waals surface area (Å²) in [7, 11) is 5.48. The number of amides is 1. The van der Waals surface area contributed by atoms with Crippen molar-refractivity contribution in [1.82, 2.24) is 24.4 Å². The minimum Gasteiger partial charge on any atom is -0.457 e. The third kappa shape index (κ3) is 4.63. The Bertz CT molecular complexity index is 1560. The largest absolute Gasteiger partial charge is 0.457 e. The Kier molecular flexibility index (Phi) is 5.78. The Labute approximate surface area is 203 Å². The number of aromatic nitrogens is 4. The first-order valence-electron chi connectivity index (χ1n) is 11.3. The van der Waals surface area contributed by atoms with Gasteiger partial charge in [0.15, 0.2) is 0 Å². The zero-order valence-electron chi connectivity index (χ0n) is 20.1. The van der Waals surface area contributed by atoms with Crippen LogP contribution in [0.2, 0.25) is 0 Å². The molecule has 0 bridgehead atoms. The number of nitrogens with one attached hydrogen (secondary N) is 1. The first-order chi connectivity index (χ1) is 16.9. The fourth-order valence-corrected chi connectivity index (χ4v) is 3.93. The van der Waals surface area contributed by atoms with E-state index in [1.54, 1.807) is 25.3 Å². The number of imidazole rings is 1. The van der Waals surface area contributed by atoms with Gasteiger partial charge in [-0.25, -0.2) is 15.0 Å². The summed E-state index contributed by atoms with van der Waals surface area (Å²) >= 11 is 0. The third-order valence-electron chi connectivity index (χ3n) is 5.92. The SMILES string of the molecule is Cc1cc(Nc2ncnc3ccc(CC(=O)N(C)C)cc23)ccc1Oc1ccc2c(c1)ncn2C. The van der Waals surface area contributed by atoms with Crippen LogP contribution in [0.1, 0.15) is 11.1 Å². The van der Waals surface area contributed by atoms with Crippen LogP contribution in [0.4, 0.5) is 11.5 Å². The monoisotopic (exact) mass is 466 g/mol. The van der Waals surface area contributed by atoms with Gasteiger partial charge in [-0.05, 0) is 60.5 Å². The van der Waals surface area contributed by atoms with E-state index in [-0.39, 0.29) is 5.91 Å². The molecule has 176 valence electrons. The number of fused-ring (bicyclic) bond motifs is 2. The fraction of sp³-hybridized carbons (Fsp3) is 0.185. The first kappa shape index (κ1) is 22.3. The molecule has 5 aromatic rings. The van der Waals surface area contributed by atoms with Crippen molar-refractivity contribution in [3.63, 3.8) is 0 Å². The molecule has 0 aliphatic rings. The number of rotatable bonds is 6. The quantitative estimate of drug-likeness (QED) is 0.379. The Morgan fingerprint density at radius 3 is 2.66 bits per heavy atom. The van der Waals surface area contributed by atoms with Crippen molar-refractivity contribution in [2.24, 2.45) is 7.05 Å². The summed E-state index contributed by atoms with van der Waals surface area (Å²) < 4.78 is 8.11. The van der Waals surface area contributed by atoms with Gasteiger partial charge in [0.05, 0.1) is 29.3 Å². The smallest absolute Gasteiger partial charge is 0.226 e. The third-order valence-corrected chi connectivity index (χ3v) is 5.92. The van der Waals surface area contributed by atoms with Gasteiger partial charge in [-0.3, -0.25) is 4.79 Å². The molecule has 0 radical (unpaired) electrons. The lowest BCUT2D eigenvalue weighted by atomic mass is 10.1. The number of hydrogen-bond donors (Lipinski definition) is 1. The average Bonchev–Trinajstić information content (AvgIpc) is 3.21. The number of ether oxygens (including phenoxy) is 1. The van der Waals surface area contributed by atoms with E-state index in [9.17, 15) is 4.79 Å². The standard InChI is InChI=1S/C27H26N6O2/c1-17-11-19(6-10-25(17)35-20-7-9-24-23(14-20)30-16-33(24)4)31-27-21-12-18(13-26(34)32(2)3)5-8-22(21)28-15-29-27/h5-12,14-16H,13H2,1-4H3,(H,28,29,31). The van der Waals surface area contributed by atoms with E-state index in [4.69, 9.17) is 4.74 Å². The highest BCUT2D eigenvalue weighted by molar-refractivity contribution is 5.92. The molecule has 0 saturated carbocycles. The van der Waals surface area contributed by atoms with E-state index in [1.807, 2.05) is 73.1 Å². The Hall–Kier alpha value is -4.46. The lowest BCUT2D eigenvalue weighted by Gasteiger charge is -2.13. The Balaban J connectivity index is 1.38. The topological polar surface area (TPSA) is 85.2 Å². The molecule has 8 nitrogen and oxygen atoms in total. The van der Waals surface area contributed by atoms with Gasteiger partial charge in [0, 0.05) is 38.3 Å². The maximum atomic E-state index is 12.2. The summed E-state index contributed by atoms with van der Waals surface area (Å²) in [4.78, 5) is 27.0. The van der Waals surface area contributed by atoms with E-state index < -0.39 is 0 Å². The van der Waals surface area contributed by atoms with Gasteiger partial charge in [0.1, 0.15) is 23.6 Å². The molecule has 0 unspecified atom stereocenters. The van der Waals surface area contributed by atoms with Gasteiger partial charge in [0.2, 0.25) is 5.91 Å². The number of anilines is 2. The molecule has 1 N–H and O–H groups in total. The van der Waals surface area contributed by atoms with E-state index in [2.05, 4.69) is 20.3 Å². The zero-order chi connectivity index (χ0) is 24.5. The summed E-state index contributed by atoms with van der Waals surface area (Å²) in [5, 5.41) is 4.25. The highest BCUT2D eigenvalue weighted by Gasteiger charge is 2.11. The molecular formula is C27H26N6O2.